The third kappa shape index (κ3) is 4.73. The van der Waals surface area contributed by atoms with Crippen molar-refractivity contribution in [3.8, 4) is 0 Å². The van der Waals surface area contributed by atoms with Crippen LogP contribution >= 0.6 is 0 Å². The van der Waals surface area contributed by atoms with Crippen LogP contribution in [-0.4, -0.2) is 73.7 Å². The highest BCUT2D eigenvalue weighted by Crippen LogP contribution is 2.12. The van der Waals surface area contributed by atoms with Gasteiger partial charge in [-0.05, 0) is 19.1 Å². The van der Waals surface area contributed by atoms with Gasteiger partial charge in [0.25, 0.3) is 5.91 Å². The third-order valence-electron chi connectivity index (χ3n) is 3.19. The van der Waals surface area contributed by atoms with Crippen LogP contribution in [0.25, 0.3) is 0 Å². The molecule has 0 aliphatic heterocycles. The molecule has 1 aromatic rings. The van der Waals surface area contributed by atoms with E-state index < -0.39 is 43.0 Å². The molecule has 5 unspecified atom stereocenters. The van der Waals surface area contributed by atoms with E-state index in [9.17, 15) is 30.3 Å². The van der Waals surface area contributed by atoms with E-state index in [-0.39, 0.29) is 0 Å². The summed E-state index contributed by atoms with van der Waals surface area (Å²) in [4.78, 5) is 11.8. The minimum Gasteiger partial charge on any atom is -0.394 e. The average Bonchev–Trinajstić information content (AvgIpc) is 2.53. The van der Waals surface area contributed by atoms with Crippen molar-refractivity contribution in [2.45, 2.75) is 37.4 Å². The summed E-state index contributed by atoms with van der Waals surface area (Å²) in [6, 6.07) is 6.64. The molecule has 0 heterocycles. The Balaban J connectivity index is 2.66. The molecule has 0 bridgehead atoms. The van der Waals surface area contributed by atoms with Gasteiger partial charge in [-0.2, -0.15) is 0 Å². The molecule has 8 nitrogen and oxygen atoms in total. The van der Waals surface area contributed by atoms with Gasteiger partial charge in [-0.25, -0.2) is 0 Å². The lowest BCUT2D eigenvalue weighted by Crippen LogP contribution is -2.52. The summed E-state index contributed by atoms with van der Waals surface area (Å²) in [5.74, 6) is -0.985. The number of aliphatic hydroxyl groups is 6. The molecule has 7 N–H and O–H groups in total. The number of hydrogen-bond acceptors (Lipinski definition) is 7. The van der Waals surface area contributed by atoms with Crippen molar-refractivity contribution in [3.05, 3.63) is 29.8 Å². The number of benzene rings is 1. The molecule has 0 radical (unpaired) electrons. The SMILES string of the molecule is Cc1ccc(NC(=O)C(O)C(O)C(O)C(O)C(O)CO)cc1. The number of aliphatic hydroxyl groups excluding tert-OH is 6. The van der Waals surface area contributed by atoms with Crippen molar-refractivity contribution in [1.29, 1.82) is 0 Å². The first kappa shape index (κ1) is 18.5. The second-order valence-electron chi connectivity index (χ2n) is 5.02. The zero-order valence-electron chi connectivity index (χ0n) is 12.0. The molecule has 124 valence electrons. The Hall–Kier alpha value is -1.55. The van der Waals surface area contributed by atoms with E-state index in [2.05, 4.69) is 5.32 Å². The Kier molecular flexibility index (Phi) is 6.88. The highest BCUT2D eigenvalue weighted by Gasteiger charge is 2.37. The van der Waals surface area contributed by atoms with E-state index in [1.54, 1.807) is 24.3 Å². The zero-order valence-corrected chi connectivity index (χ0v) is 12.0. The number of carbonyl (C=O) groups is 1. The summed E-state index contributed by atoms with van der Waals surface area (Å²) >= 11 is 0. The average molecular weight is 315 g/mol. The summed E-state index contributed by atoms with van der Waals surface area (Å²) in [5, 5.41) is 58.6. The molecule has 0 aliphatic rings. The molecule has 0 aromatic heterocycles. The first-order valence-corrected chi connectivity index (χ1v) is 6.66. The summed E-state index contributed by atoms with van der Waals surface area (Å²) in [6.07, 6.45) is -9.71. The van der Waals surface area contributed by atoms with Gasteiger partial charge in [-0.1, -0.05) is 17.7 Å². The quantitative estimate of drug-likeness (QED) is 0.300. The van der Waals surface area contributed by atoms with Gasteiger partial charge in [0.2, 0.25) is 0 Å². The minimum absolute atomic E-state index is 0.382. The Labute approximate surface area is 127 Å². The van der Waals surface area contributed by atoms with Crippen LogP contribution in [0.15, 0.2) is 24.3 Å². The van der Waals surface area contributed by atoms with Crippen molar-refractivity contribution in [1.82, 2.24) is 0 Å². The number of hydrogen-bond donors (Lipinski definition) is 7. The summed E-state index contributed by atoms with van der Waals surface area (Å²) < 4.78 is 0. The second kappa shape index (κ2) is 8.18. The number of aryl methyl sites for hydroxylation is 1. The first-order chi connectivity index (χ1) is 10.3. The van der Waals surface area contributed by atoms with Crippen LogP contribution in [0.5, 0.6) is 0 Å². The van der Waals surface area contributed by atoms with Crippen molar-refractivity contribution in [2.75, 3.05) is 11.9 Å². The molecule has 0 aliphatic carbocycles. The van der Waals surface area contributed by atoms with Crippen LogP contribution in [-0.2, 0) is 4.79 Å². The van der Waals surface area contributed by atoms with Gasteiger partial charge in [0.15, 0.2) is 6.10 Å². The Bertz CT molecular complexity index is 479. The number of nitrogens with one attached hydrogen (secondary N) is 1. The molecule has 1 aromatic carbocycles. The minimum atomic E-state index is -2.04. The topological polar surface area (TPSA) is 150 Å². The fraction of sp³-hybridized carbons (Fsp3) is 0.500. The number of amides is 1. The molecule has 1 amide bonds. The normalized spacial score (nSPS) is 18.1. The van der Waals surface area contributed by atoms with Crippen LogP contribution in [0.4, 0.5) is 5.69 Å². The van der Waals surface area contributed by atoms with Crippen LogP contribution in [0.3, 0.4) is 0 Å². The van der Waals surface area contributed by atoms with Gasteiger partial charge in [0, 0.05) is 5.69 Å². The maximum Gasteiger partial charge on any atom is 0.256 e. The first-order valence-electron chi connectivity index (χ1n) is 6.66. The fourth-order valence-corrected chi connectivity index (χ4v) is 1.73. The van der Waals surface area contributed by atoms with E-state index in [1.165, 1.54) is 0 Å². The highest BCUT2D eigenvalue weighted by atomic mass is 16.4. The van der Waals surface area contributed by atoms with Gasteiger partial charge in [-0.15, -0.1) is 0 Å². The van der Waals surface area contributed by atoms with E-state index in [0.29, 0.717) is 5.69 Å². The van der Waals surface area contributed by atoms with Gasteiger partial charge >= 0.3 is 0 Å². The van der Waals surface area contributed by atoms with Crippen molar-refractivity contribution >= 4 is 11.6 Å². The van der Waals surface area contributed by atoms with Crippen LogP contribution in [0, 0.1) is 6.92 Å². The summed E-state index contributed by atoms with van der Waals surface area (Å²) in [7, 11) is 0. The molecule has 0 saturated heterocycles. The fourth-order valence-electron chi connectivity index (χ4n) is 1.73. The van der Waals surface area contributed by atoms with Crippen molar-refractivity contribution in [2.24, 2.45) is 0 Å². The lowest BCUT2D eigenvalue weighted by molar-refractivity contribution is -0.153. The lowest BCUT2D eigenvalue weighted by Gasteiger charge is -2.27. The monoisotopic (exact) mass is 315 g/mol. The molecule has 22 heavy (non-hydrogen) atoms. The number of carbonyl (C=O) groups excluding carboxylic acids is 1. The predicted octanol–water partition coefficient (Wildman–Crippen LogP) is -2.27. The molecule has 0 spiro atoms. The number of anilines is 1. The Morgan fingerprint density at radius 2 is 1.55 bits per heavy atom. The van der Waals surface area contributed by atoms with Crippen LogP contribution < -0.4 is 5.32 Å². The Morgan fingerprint density at radius 3 is 2.05 bits per heavy atom. The second-order valence-corrected chi connectivity index (χ2v) is 5.02. The van der Waals surface area contributed by atoms with Gasteiger partial charge < -0.3 is 36.0 Å². The smallest absolute Gasteiger partial charge is 0.256 e. The Morgan fingerprint density at radius 1 is 1.00 bits per heavy atom. The third-order valence-corrected chi connectivity index (χ3v) is 3.19. The van der Waals surface area contributed by atoms with Crippen molar-refractivity contribution in [3.63, 3.8) is 0 Å². The van der Waals surface area contributed by atoms with E-state index in [1.807, 2.05) is 6.92 Å². The number of rotatable bonds is 7. The lowest BCUT2D eigenvalue weighted by atomic mass is 9.99. The molecule has 0 saturated carbocycles. The van der Waals surface area contributed by atoms with Gasteiger partial charge in [0.1, 0.15) is 24.4 Å². The predicted molar refractivity (Wildman–Crippen MR) is 76.9 cm³/mol. The molecular weight excluding hydrogens is 294 g/mol. The standard InChI is InChI=1S/C14H21NO7/c1-7-2-4-8(5-3-7)15-14(22)13(21)12(20)11(19)10(18)9(17)6-16/h2-5,9-13,16-21H,6H2,1H3,(H,15,22). The maximum atomic E-state index is 11.8. The van der Waals surface area contributed by atoms with E-state index >= 15 is 0 Å². The summed E-state index contributed by atoms with van der Waals surface area (Å²) in [6.45, 7) is 1.00. The largest absolute Gasteiger partial charge is 0.394 e. The van der Waals surface area contributed by atoms with Gasteiger partial charge in [0.05, 0.1) is 6.61 Å². The maximum absolute atomic E-state index is 11.8. The molecular formula is C14H21NO7. The van der Waals surface area contributed by atoms with Crippen LogP contribution in [0.1, 0.15) is 5.56 Å². The van der Waals surface area contributed by atoms with Crippen LogP contribution in [0.2, 0.25) is 0 Å². The highest BCUT2D eigenvalue weighted by molar-refractivity contribution is 5.94. The van der Waals surface area contributed by atoms with E-state index in [4.69, 9.17) is 5.11 Å². The molecule has 8 heteroatoms. The van der Waals surface area contributed by atoms with E-state index in [0.717, 1.165) is 5.56 Å². The van der Waals surface area contributed by atoms with Crippen molar-refractivity contribution < 1.29 is 35.4 Å². The molecule has 5 atom stereocenters. The summed E-state index contributed by atoms with van der Waals surface area (Å²) in [5.41, 5.74) is 1.35. The van der Waals surface area contributed by atoms with Gasteiger partial charge in [-0.3, -0.25) is 4.79 Å². The zero-order chi connectivity index (χ0) is 16.9. The molecule has 0 fully saturated rings. The molecule has 1 rings (SSSR count).